The first-order valence-electron chi connectivity index (χ1n) is 12.5. The molecule has 9 nitrogen and oxygen atoms in total. The number of aliphatic hydroxyl groups is 2. The molecule has 0 radical (unpaired) electrons. The highest BCUT2D eigenvalue weighted by atomic mass is 19.4. The molecule has 0 bridgehead atoms. The van der Waals surface area contributed by atoms with Gasteiger partial charge in [0.1, 0.15) is 11.5 Å². The number of nitrogens with one attached hydrogen (secondary N) is 1. The second-order valence-electron chi connectivity index (χ2n) is 9.63. The normalized spacial score (nSPS) is 13.3. The fourth-order valence-electron chi connectivity index (χ4n) is 4.29. The summed E-state index contributed by atoms with van der Waals surface area (Å²) in [6.07, 6.45) is -7.38. The average molecular weight is 567 g/mol. The van der Waals surface area contributed by atoms with Crippen LogP contribution >= 0.6 is 0 Å². The smallest absolute Gasteiger partial charge is 0.433 e. The van der Waals surface area contributed by atoms with Gasteiger partial charge in [0.2, 0.25) is 0 Å². The molecule has 4 N–H and O–H groups in total. The molecule has 3 aromatic rings. The summed E-state index contributed by atoms with van der Waals surface area (Å²) in [7, 11) is 0. The Labute approximate surface area is 227 Å². The molecule has 13 heteroatoms. The lowest BCUT2D eigenvalue weighted by Crippen LogP contribution is -2.25. The SMILES string of the molecule is CC(C)c1c(C(=O)NCc2cccc(C(F)(F)F)n2)nn(-c2ccc(F)cc2)c1CC[C@@H](O)C[C@@H](O)CC(=O)O. The third-order valence-electron chi connectivity index (χ3n) is 6.08. The summed E-state index contributed by atoms with van der Waals surface area (Å²) in [5.41, 5.74) is 0.374. The van der Waals surface area contributed by atoms with Crippen molar-refractivity contribution >= 4 is 11.9 Å². The molecule has 0 aliphatic rings. The number of carboxylic acid groups (broad SMARTS) is 1. The van der Waals surface area contributed by atoms with E-state index in [0.29, 0.717) is 16.9 Å². The number of pyridine rings is 1. The number of alkyl halides is 3. The van der Waals surface area contributed by atoms with Gasteiger partial charge in [0.25, 0.3) is 5.91 Å². The van der Waals surface area contributed by atoms with Crippen LogP contribution in [0, 0.1) is 5.82 Å². The van der Waals surface area contributed by atoms with Crippen molar-refractivity contribution in [2.45, 2.75) is 70.4 Å². The molecule has 0 aliphatic heterocycles. The second-order valence-corrected chi connectivity index (χ2v) is 9.63. The number of carboxylic acids is 1. The fourth-order valence-corrected chi connectivity index (χ4v) is 4.29. The number of hydrogen-bond donors (Lipinski definition) is 4. The molecule has 0 fully saturated rings. The van der Waals surface area contributed by atoms with Crippen molar-refractivity contribution < 1.29 is 42.5 Å². The van der Waals surface area contributed by atoms with E-state index in [1.165, 1.54) is 41.1 Å². The van der Waals surface area contributed by atoms with E-state index in [2.05, 4.69) is 15.4 Å². The van der Waals surface area contributed by atoms with Crippen LogP contribution in [0.4, 0.5) is 17.6 Å². The number of carbonyl (C=O) groups excluding carboxylic acids is 1. The maximum Gasteiger partial charge on any atom is 0.433 e. The second kappa shape index (κ2) is 13.0. The van der Waals surface area contributed by atoms with Crippen LogP contribution in [0.15, 0.2) is 42.5 Å². The van der Waals surface area contributed by atoms with Crippen LogP contribution in [0.5, 0.6) is 0 Å². The molecule has 1 aromatic carbocycles. The van der Waals surface area contributed by atoms with Crippen molar-refractivity contribution in [2.24, 2.45) is 0 Å². The van der Waals surface area contributed by atoms with Gasteiger partial charge in [-0.3, -0.25) is 9.59 Å². The third kappa shape index (κ3) is 8.09. The van der Waals surface area contributed by atoms with Crippen molar-refractivity contribution in [1.82, 2.24) is 20.1 Å². The number of halogens is 4. The third-order valence-corrected chi connectivity index (χ3v) is 6.08. The van der Waals surface area contributed by atoms with Crippen LogP contribution in [0.2, 0.25) is 0 Å². The minimum absolute atomic E-state index is 0.00158. The van der Waals surface area contributed by atoms with Crippen LogP contribution in [-0.2, 0) is 23.9 Å². The molecule has 1 amide bonds. The zero-order valence-electron chi connectivity index (χ0n) is 21.8. The number of carbonyl (C=O) groups is 2. The lowest BCUT2D eigenvalue weighted by Gasteiger charge is -2.16. The van der Waals surface area contributed by atoms with E-state index in [1.54, 1.807) is 0 Å². The number of aliphatic carboxylic acids is 1. The van der Waals surface area contributed by atoms with Crippen LogP contribution < -0.4 is 5.32 Å². The summed E-state index contributed by atoms with van der Waals surface area (Å²) in [6.45, 7) is 3.33. The van der Waals surface area contributed by atoms with Gasteiger partial charge in [0, 0.05) is 11.3 Å². The Hall–Kier alpha value is -3.84. The molecular weight excluding hydrogens is 536 g/mol. The summed E-state index contributed by atoms with van der Waals surface area (Å²) < 4.78 is 54.1. The number of benzene rings is 1. The first-order valence-corrected chi connectivity index (χ1v) is 12.5. The standard InChI is InChI=1S/C27H30F4N4O5/c1-15(2)24-21(11-10-19(36)12-20(37)13-23(38)39)35(18-8-6-16(28)7-9-18)34-25(24)26(40)32-14-17-4-3-5-22(33-17)27(29,30)31/h3-9,15,19-20,36-37H,10-14H2,1-2H3,(H,32,40)(H,38,39)/t19-,20-/m1/s1. The van der Waals surface area contributed by atoms with Gasteiger partial charge in [-0.15, -0.1) is 0 Å². The molecule has 216 valence electrons. The van der Waals surface area contributed by atoms with Crippen molar-refractivity contribution in [1.29, 1.82) is 0 Å². The van der Waals surface area contributed by atoms with Crippen LogP contribution in [0.1, 0.15) is 72.2 Å². The molecule has 0 unspecified atom stereocenters. The molecule has 0 saturated heterocycles. The maximum atomic E-state index is 13.6. The van der Waals surface area contributed by atoms with E-state index in [-0.39, 0.29) is 43.1 Å². The van der Waals surface area contributed by atoms with E-state index in [9.17, 15) is 37.4 Å². The number of rotatable bonds is 12. The molecule has 0 aliphatic carbocycles. The highest BCUT2D eigenvalue weighted by Crippen LogP contribution is 2.29. The van der Waals surface area contributed by atoms with E-state index in [1.807, 2.05) is 13.8 Å². The molecule has 40 heavy (non-hydrogen) atoms. The van der Waals surface area contributed by atoms with E-state index in [4.69, 9.17) is 5.11 Å². The lowest BCUT2D eigenvalue weighted by molar-refractivity contribution is -0.141. The van der Waals surface area contributed by atoms with E-state index in [0.717, 1.165) is 6.07 Å². The molecule has 0 spiro atoms. The topological polar surface area (TPSA) is 138 Å². The first kappa shape index (κ1) is 30.7. The van der Waals surface area contributed by atoms with Crippen molar-refractivity contribution in [3.63, 3.8) is 0 Å². The van der Waals surface area contributed by atoms with Crippen molar-refractivity contribution in [3.05, 3.63) is 76.6 Å². The molecule has 0 saturated carbocycles. The highest BCUT2D eigenvalue weighted by molar-refractivity contribution is 5.94. The molecule has 3 rings (SSSR count). The van der Waals surface area contributed by atoms with Gasteiger partial charge in [0.15, 0.2) is 5.69 Å². The Morgan fingerprint density at radius 2 is 1.73 bits per heavy atom. The maximum absolute atomic E-state index is 13.6. The van der Waals surface area contributed by atoms with Crippen LogP contribution in [0.3, 0.4) is 0 Å². The van der Waals surface area contributed by atoms with Crippen molar-refractivity contribution in [3.8, 4) is 5.69 Å². The fraction of sp³-hybridized carbons (Fsp3) is 0.407. The monoisotopic (exact) mass is 566 g/mol. The number of aromatic nitrogens is 3. The van der Waals surface area contributed by atoms with Gasteiger partial charge in [-0.05, 0) is 61.6 Å². The number of hydrogen-bond acceptors (Lipinski definition) is 6. The molecular formula is C27H30F4N4O5. The van der Waals surface area contributed by atoms with Gasteiger partial charge >= 0.3 is 12.1 Å². The predicted molar refractivity (Wildman–Crippen MR) is 135 cm³/mol. The minimum Gasteiger partial charge on any atom is -0.481 e. The molecule has 2 aromatic heterocycles. The van der Waals surface area contributed by atoms with Gasteiger partial charge in [-0.25, -0.2) is 14.1 Å². The summed E-state index contributed by atoms with van der Waals surface area (Å²) in [5.74, 6) is -2.61. The van der Waals surface area contributed by atoms with Gasteiger partial charge in [0.05, 0.1) is 36.6 Å². The molecule has 2 atom stereocenters. The Bertz CT molecular complexity index is 1330. The van der Waals surface area contributed by atoms with Gasteiger partial charge < -0.3 is 20.6 Å². The quantitative estimate of drug-likeness (QED) is 0.243. The Balaban J connectivity index is 1.91. The summed E-state index contributed by atoms with van der Waals surface area (Å²) >= 11 is 0. The largest absolute Gasteiger partial charge is 0.481 e. The summed E-state index contributed by atoms with van der Waals surface area (Å²) in [5, 5.41) is 36.1. The Morgan fingerprint density at radius 3 is 2.33 bits per heavy atom. The zero-order valence-corrected chi connectivity index (χ0v) is 21.8. The predicted octanol–water partition coefficient (Wildman–Crippen LogP) is 4.00. The number of aliphatic hydroxyl groups excluding tert-OH is 2. The Kier molecular flexibility index (Phi) is 9.98. The number of amides is 1. The summed E-state index contributed by atoms with van der Waals surface area (Å²) in [6, 6.07) is 8.71. The van der Waals surface area contributed by atoms with E-state index >= 15 is 0 Å². The average Bonchev–Trinajstić information content (AvgIpc) is 3.25. The summed E-state index contributed by atoms with van der Waals surface area (Å²) in [4.78, 5) is 27.6. The van der Waals surface area contributed by atoms with Crippen LogP contribution in [-0.4, -0.2) is 54.2 Å². The van der Waals surface area contributed by atoms with E-state index < -0.39 is 48.2 Å². The minimum atomic E-state index is -4.64. The lowest BCUT2D eigenvalue weighted by atomic mass is 9.95. The molecule has 2 heterocycles. The van der Waals surface area contributed by atoms with Gasteiger partial charge in [-0.2, -0.15) is 18.3 Å². The first-order chi connectivity index (χ1) is 18.8. The Morgan fingerprint density at radius 1 is 1.05 bits per heavy atom. The van der Waals surface area contributed by atoms with Crippen molar-refractivity contribution in [2.75, 3.05) is 0 Å². The van der Waals surface area contributed by atoms with Gasteiger partial charge in [-0.1, -0.05) is 19.9 Å². The number of nitrogens with zero attached hydrogens (tertiary/aromatic N) is 3. The van der Waals surface area contributed by atoms with Crippen LogP contribution in [0.25, 0.3) is 5.69 Å². The zero-order chi connectivity index (χ0) is 29.6. The highest BCUT2D eigenvalue weighted by Gasteiger charge is 2.32.